The molecule has 0 N–H and O–H groups in total. The van der Waals surface area contributed by atoms with Crippen LogP contribution in [0.15, 0.2) is 41.2 Å². The largest absolute Gasteiger partial charge is 0.496 e. The van der Waals surface area contributed by atoms with Crippen molar-refractivity contribution in [1.29, 1.82) is 0 Å². The minimum atomic E-state index is -0.211. The first-order valence-corrected chi connectivity index (χ1v) is 7.11. The minimum Gasteiger partial charge on any atom is -0.496 e. The van der Waals surface area contributed by atoms with E-state index in [9.17, 15) is 4.79 Å². The number of carbonyl (C=O) groups excluding carboxylic acids is 1. The molecule has 0 aliphatic heterocycles. The molecule has 0 aliphatic carbocycles. The topological polar surface area (TPSA) is 68.5 Å². The number of benzene rings is 3. The molecule has 0 saturated carbocycles. The van der Waals surface area contributed by atoms with Crippen LogP contribution in [-0.2, 0) is 0 Å². The molecule has 2 bridgehead atoms. The summed E-state index contributed by atoms with van der Waals surface area (Å²) in [6, 6.07) is 10.3. The normalized spacial score (nSPS) is 10.1. The fraction of sp³-hybridized carbons (Fsp3) is 0.312. The molecular weight excluding hydrogens is 282 g/mol. The van der Waals surface area contributed by atoms with E-state index < -0.39 is 0 Å². The molecule has 0 fully saturated rings. The number of nitrogens with zero attached hydrogens (tertiary/aromatic N) is 3. The van der Waals surface area contributed by atoms with Crippen molar-refractivity contribution in [1.82, 2.24) is 15.0 Å². The number of methoxy groups -OCH3 is 1. The molecule has 4 aromatic rings. The van der Waals surface area contributed by atoms with Crippen molar-refractivity contribution in [2.24, 2.45) is 0 Å². The zero-order valence-corrected chi connectivity index (χ0v) is 12.9. The molecule has 1 heterocycles. The highest BCUT2D eigenvalue weighted by atomic mass is 16.5. The second kappa shape index (κ2) is 7.40. The van der Waals surface area contributed by atoms with Gasteiger partial charge in [0.25, 0.3) is 0 Å². The number of amides is 1. The van der Waals surface area contributed by atoms with E-state index in [-0.39, 0.29) is 11.8 Å². The SMILES string of the molecule is CCN(CC)C(=O)c1ncno1.COc1cc2ccc1cc2. The van der Waals surface area contributed by atoms with Crippen LogP contribution in [0.4, 0.5) is 0 Å². The molecule has 0 spiro atoms. The average molecular weight is 301 g/mol. The molecule has 6 heteroatoms. The van der Waals surface area contributed by atoms with E-state index in [1.165, 1.54) is 11.7 Å². The van der Waals surface area contributed by atoms with Gasteiger partial charge in [0.05, 0.1) is 7.11 Å². The Morgan fingerprint density at radius 2 is 1.91 bits per heavy atom. The van der Waals surface area contributed by atoms with Crippen LogP contribution in [0, 0.1) is 0 Å². The molecule has 1 amide bonds. The fourth-order valence-corrected chi connectivity index (χ4v) is 2.07. The van der Waals surface area contributed by atoms with Crippen LogP contribution in [0.25, 0.3) is 10.8 Å². The van der Waals surface area contributed by atoms with Gasteiger partial charge in [-0.05, 0) is 25.3 Å². The zero-order chi connectivity index (χ0) is 15.9. The standard InChI is InChI=1S/C9H8O.C7H11N3O2/c1-10-9-6-7-2-4-8(9)5-3-7;1-3-10(4-2)7(11)6-8-5-9-12-6/h2-6H,1H3;5H,3-4H2,1-2H3. The third kappa shape index (κ3) is 3.52. The van der Waals surface area contributed by atoms with Gasteiger partial charge in [-0.25, -0.2) is 0 Å². The van der Waals surface area contributed by atoms with Gasteiger partial charge in [-0.1, -0.05) is 29.4 Å². The monoisotopic (exact) mass is 301 g/mol. The third-order valence-corrected chi connectivity index (χ3v) is 3.31. The summed E-state index contributed by atoms with van der Waals surface area (Å²) in [5.74, 6) is 0.816. The molecule has 1 aromatic heterocycles. The molecule has 0 aliphatic rings. The van der Waals surface area contributed by atoms with E-state index in [2.05, 4.69) is 38.9 Å². The summed E-state index contributed by atoms with van der Waals surface area (Å²) in [6.45, 7) is 5.10. The number of hydrogen-bond donors (Lipinski definition) is 0. The van der Waals surface area contributed by atoms with Gasteiger partial charge in [-0.2, -0.15) is 4.98 Å². The van der Waals surface area contributed by atoms with Crippen molar-refractivity contribution in [2.75, 3.05) is 20.2 Å². The Morgan fingerprint density at radius 1 is 1.23 bits per heavy atom. The summed E-state index contributed by atoms with van der Waals surface area (Å²) >= 11 is 0. The van der Waals surface area contributed by atoms with Gasteiger partial charge in [-0.3, -0.25) is 4.79 Å². The molecule has 116 valence electrons. The maximum Gasteiger partial charge on any atom is 0.315 e. The van der Waals surface area contributed by atoms with Crippen molar-refractivity contribution in [3.63, 3.8) is 0 Å². The molecule has 0 saturated heterocycles. The summed E-state index contributed by atoms with van der Waals surface area (Å²) in [4.78, 5) is 16.7. The molecule has 0 atom stereocenters. The smallest absolute Gasteiger partial charge is 0.315 e. The number of carbonyl (C=O) groups is 1. The van der Waals surface area contributed by atoms with Gasteiger partial charge in [0.15, 0.2) is 6.33 Å². The maximum atomic E-state index is 11.4. The van der Waals surface area contributed by atoms with Crippen molar-refractivity contribution in [3.8, 4) is 5.75 Å². The summed E-state index contributed by atoms with van der Waals surface area (Å²) in [5, 5.41) is 5.74. The second-order valence-electron chi connectivity index (χ2n) is 4.56. The first kappa shape index (κ1) is 15.8. The van der Waals surface area contributed by atoms with E-state index in [4.69, 9.17) is 4.74 Å². The molecule has 0 radical (unpaired) electrons. The Balaban J connectivity index is 0.000000162. The van der Waals surface area contributed by atoms with Crippen LogP contribution in [-0.4, -0.2) is 41.1 Å². The van der Waals surface area contributed by atoms with Gasteiger partial charge < -0.3 is 14.2 Å². The maximum absolute atomic E-state index is 11.4. The number of aromatic nitrogens is 2. The van der Waals surface area contributed by atoms with Crippen molar-refractivity contribution in [3.05, 3.63) is 42.5 Å². The number of rotatable bonds is 4. The van der Waals surface area contributed by atoms with E-state index in [0.717, 1.165) is 11.1 Å². The summed E-state index contributed by atoms with van der Waals surface area (Å²) in [6.07, 6.45) is 1.22. The Morgan fingerprint density at radius 3 is 2.27 bits per heavy atom. The van der Waals surface area contributed by atoms with Crippen molar-refractivity contribution in [2.45, 2.75) is 13.8 Å². The van der Waals surface area contributed by atoms with Gasteiger partial charge in [0.2, 0.25) is 0 Å². The van der Waals surface area contributed by atoms with E-state index in [1.54, 1.807) is 12.0 Å². The molecule has 22 heavy (non-hydrogen) atoms. The lowest BCUT2D eigenvalue weighted by atomic mass is 10.1. The Hall–Kier alpha value is -2.63. The van der Waals surface area contributed by atoms with Gasteiger partial charge in [0.1, 0.15) is 5.75 Å². The summed E-state index contributed by atoms with van der Waals surface area (Å²) < 4.78 is 9.75. The Kier molecular flexibility index (Phi) is 5.30. The van der Waals surface area contributed by atoms with Crippen LogP contribution >= 0.6 is 0 Å². The van der Waals surface area contributed by atoms with E-state index >= 15 is 0 Å². The van der Waals surface area contributed by atoms with Crippen molar-refractivity contribution < 1.29 is 14.1 Å². The lowest BCUT2D eigenvalue weighted by molar-refractivity contribution is 0.0723. The van der Waals surface area contributed by atoms with Crippen LogP contribution in [0.1, 0.15) is 24.5 Å². The Bertz CT molecular complexity index is 673. The second-order valence-corrected chi connectivity index (χ2v) is 4.56. The lowest BCUT2D eigenvalue weighted by Gasteiger charge is -2.15. The zero-order valence-electron chi connectivity index (χ0n) is 12.9. The number of ether oxygens (including phenoxy) is 1. The third-order valence-electron chi connectivity index (χ3n) is 3.31. The van der Waals surface area contributed by atoms with Crippen LogP contribution in [0.5, 0.6) is 5.75 Å². The number of fused-ring (bicyclic) bond motifs is 3. The van der Waals surface area contributed by atoms with Crippen LogP contribution < -0.4 is 4.74 Å². The molecule has 6 nitrogen and oxygen atoms in total. The fourth-order valence-electron chi connectivity index (χ4n) is 2.07. The molecule has 0 unspecified atom stereocenters. The lowest BCUT2D eigenvalue weighted by Crippen LogP contribution is -2.30. The summed E-state index contributed by atoms with van der Waals surface area (Å²) in [7, 11) is 1.70. The van der Waals surface area contributed by atoms with Crippen molar-refractivity contribution >= 4 is 16.7 Å². The summed E-state index contributed by atoms with van der Waals surface area (Å²) in [5.41, 5.74) is 0. The van der Waals surface area contributed by atoms with Gasteiger partial charge in [-0.15, -0.1) is 0 Å². The molecule has 3 aromatic carbocycles. The first-order chi connectivity index (χ1) is 10.7. The average Bonchev–Trinajstić information content (AvgIpc) is 3.12. The predicted molar refractivity (Wildman–Crippen MR) is 83.2 cm³/mol. The van der Waals surface area contributed by atoms with Crippen LogP contribution in [0.3, 0.4) is 0 Å². The first-order valence-electron chi connectivity index (χ1n) is 7.11. The van der Waals surface area contributed by atoms with Crippen LogP contribution in [0.2, 0.25) is 0 Å². The highest BCUT2D eigenvalue weighted by Crippen LogP contribution is 2.24. The number of hydrogen-bond acceptors (Lipinski definition) is 5. The van der Waals surface area contributed by atoms with E-state index in [0.29, 0.717) is 13.1 Å². The predicted octanol–water partition coefficient (Wildman–Crippen LogP) is 2.84. The van der Waals surface area contributed by atoms with Gasteiger partial charge >= 0.3 is 11.8 Å². The quantitative estimate of drug-likeness (QED) is 0.741. The highest BCUT2D eigenvalue weighted by Gasteiger charge is 2.17. The molecular formula is C16H19N3O3. The molecule has 4 rings (SSSR count). The van der Waals surface area contributed by atoms with Gasteiger partial charge in [0, 0.05) is 18.5 Å². The highest BCUT2D eigenvalue weighted by molar-refractivity contribution is 5.89. The van der Waals surface area contributed by atoms with E-state index in [1.807, 2.05) is 19.9 Å². The Labute approximate surface area is 129 Å². The minimum absolute atomic E-state index is 0.0544.